The monoisotopic (exact) mass is 725 g/mol. The predicted molar refractivity (Wildman–Crippen MR) is 236 cm³/mol. The largest absolute Gasteiger partial charge is 0.456 e. The molecule has 2 heterocycles. The fourth-order valence-electron chi connectivity index (χ4n) is 9.75. The Bertz CT molecular complexity index is 3280. The van der Waals surface area contributed by atoms with E-state index in [0.717, 1.165) is 38.8 Å². The molecule has 2 nitrogen and oxygen atoms in total. The minimum atomic E-state index is -0.470. The Hall–Kier alpha value is -7.42. The van der Waals surface area contributed by atoms with E-state index in [0.29, 0.717) is 0 Å². The van der Waals surface area contributed by atoms with Crippen molar-refractivity contribution in [3.05, 3.63) is 235 Å². The van der Waals surface area contributed by atoms with E-state index in [1.54, 1.807) is 0 Å². The summed E-state index contributed by atoms with van der Waals surface area (Å²) in [5.41, 5.74) is 17.1. The summed E-state index contributed by atoms with van der Waals surface area (Å²) in [4.78, 5) is 0. The third-order valence-electron chi connectivity index (χ3n) is 12.3. The molecule has 57 heavy (non-hydrogen) atoms. The fraction of sp³-hybridized carbons (Fsp3) is 0.0182. The molecule has 12 rings (SSSR count). The van der Waals surface area contributed by atoms with E-state index in [1.807, 2.05) is 0 Å². The van der Waals surface area contributed by atoms with Crippen molar-refractivity contribution in [2.75, 3.05) is 0 Å². The van der Waals surface area contributed by atoms with Crippen molar-refractivity contribution in [2.24, 2.45) is 0 Å². The van der Waals surface area contributed by atoms with Gasteiger partial charge in [-0.05, 0) is 104 Å². The second-order valence-electron chi connectivity index (χ2n) is 15.2. The number of fused-ring (bicyclic) bond motifs is 9. The van der Waals surface area contributed by atoms with E-state index in [-0.39, 0.29) is 0 Å². The lowest BCUT2D eigenvalue weighted by Crippen LogP contribution is -2.28. The van der Waals surface area contributed by atoms with Crippen LogP contribution in [-0.4, -0.2) is 4.57 Å². The molecular weight excluding hydrogens is 691 g/mol. The van der Waals surface area contributed by atoms with E-state index >= 15 is 0 Å². The average Bonchev–Trinajstić information content (AvgIpc) is 3.92. The van der Waals surface area contributed by atoms with E-state index in [9.17, 15) is 0 Å². The SMILES string of the molecule is c1ccc(-c2ccc(-n3c4ccccc4c4ccc(-c5ccc6c(c5)oc5cc7c(cc56)-c5ccccc5C7(c5ccccc5)c5ccccc5)cc43)cc2)cc1. The van der Waals surface area contributed by atoms with Gasteiger partial charge in [0, 0.05) is 27.2 Å². The maximum atomic E-state index is 6.87. The van der Waals surface area contributed by atoms with Gasteiger partial charge in [-0.1, -0.05) is 164 Å². The molecule has 2 aromatic heterocycles. The molecule has 1 aliphatic rings. The Kier molecular flexibility index (Phi) is 6.88. The third-order valence-corrected chi connectivity index (χ3v) is 12.3. The van der Waals surface area contributed by atoms with E-state index < -0.39 is 5.41 Å². The smallest absolute Gasteiger partial charge is 0.136 e. The number of furan rings is 1. The van der Waals surface area contributed by atoms with Gasteiger partial charge in [-0.2, -0.15) is 0 Å². The molecule has 1 aliphatic carbocycles. The van der Waals surface area contributed by atoms with Crippen LogP contribution in [0, 0.1) is 0 Å². The van der Waals surface area contributed by atoms with Crippen molar-refractivity contribution in [2.45, 2.75) is 5.41 Å². The molecular formula is C55H35NO. The Morgan fingerprint density at radius 3 is 1.65 bits per heavy atom. The molecule has 0 atom stereocenters. The highest BCUT2D eigenvalue weighted by atomic mass is 16.3. The normalized spacial score (nSPS) is 13.1. The zero-order valence-electron chi connectivity index (χ0n) is 31.1. The summed E-state index contributed by atoms with van der Waals surface area (Å²) in [5.74, 6) is 0. The molecule has 0 N–H and O–H groups in total. The van der Waals surface area contributed by atoms with Gasteiger partial charge in [-0.25, -0.2) is 0 Å². The molecule has 0 saturated heterocycles. The maximum absolute atomic E-state index is 6.87. The zero-order valence-corrected chi connectivity index (χ0v) is 31.1. The van der Waals surface area contributed by atoms with Crippen LogP contribution in [0.5, 0.6) is 0 Å². The topological polar surface area (TPSA) is 18.1 Å². The summed E-state index contributed by atoms with van der Waals surface area (Å²) < 4.78 is 9.27. The molecule has 9 aromatic carbocycles. The molecule has 11 aromatic rings. The Labute approximate surface area is 330 Å². The van der Waals surface area contributed by atoms with E-state index in [1.165, 1.54) is 66.3 Å². The van der Waals surface area contributed by atoms with Gasteiger partial charge in [0.1, 0.15) is 11.2 Å². The zero-order chi connectivity index (χ0) is 37.5. The lowest BCUT2D eigenvalue weighted by atomic mass is 9.67. The molecule has 0 saturated carbocycles. The highest BCUT2D eigenvalue weighted by Gasteiger charge is 2.46. The first-order valence-electron chi connectivity index (χ1n) is 19.7. The number of hydrogen-bond acceptors (Lipinski definition) is 1. The highest BCUT2D eigenvalue weighted by molar-refractivity contribution is 6.11. The molecule has 0 unspecified atom stereocenters. The Morgan fingerprint density at radius 2 is 0.895 bits per heavy atom. The van der Waals surface area contributed by atoms with Crippen molar-refractivity contribution in [1.29, 1.82) is 0 Å². The first-order chi connectivity index (χ1) is 28.3. The third kappa shape index (κ3) is 4.65. The van der Waals surface area contributed by atoms with Crippen LogP contribution in [0.15, 0.2) is 217 Å². The van der Waals surface area contributed by atoms with Crippen LogP contribution in [0.4, 0.5) is 0 Å². The standard InChI is InChI=1S/C55H35NO/c1-4-14-36(15-5-1)37-24-28-42(29-25-37)56-51-23-13-11-21-44(51)45-30-26-38(32-52(45)56)39-27-31-46-48-34-47-43-20-10-12-22-49(43)55(40-16-6-2-7-17-40,41-18-8-3-9-19-41)50(47)35-54(48)57-53(46)33-39/h1-35H. The van der Waals surface area contributed by atoms with Crippen molar-refractivity contribution in [1.82, 2.24) is 4.57 Å². The summed E-state index contributed by atoms with van der Waals surface area (Å²) in [7, 11) is 0. The van der Waals surface area contributed by atoms with Gasteiger partial charge in [0.15, 0.2) is 0 Å². The van der Waals surface area contributed by atoms with Crippen molar-refractivity contribution < 1.29 is 4.42 Å². The van der Waals surface area contributed by atoms with E-state index in [4.69, 9.17) is 4.42 Å². The molecule has 0 spiro atoms. The number of hydrogen-bond donors (Lipinski definition) is 0. The first kappa shape index (κ1) is 31.9. The number of nitrogens with zero attached hydrogens (tertiary/aromatic N) is 1. The fourth-order valence-corrected chi connectivity index (χ4v) is 9.75. The second-order valence-corrected chi connectivity index (χ2v) is 15.2. The molecule has 2 heteroatoms. The number of rotatable bonds is 5. The van der Waals surface area contributed by atoms with Crippen molar-refractivity contribution in [3.8, 4) is 39.1 Å². The molecule has 266 valence electrons. The minimum absolute atomic E-state index is 0.470. The van der Waals surface area contributed by atoms with Crippen molar-refractivity contribution >= 4 is 43.7 Å². The van der Waals surface area contributed by atoms with E-state index in [2.05, 4.69) is 217 Å². The highest BCUT2D eigenvalue weighted by Crippen LogP contribution is 2.57. The van der Waals surface area contributed by atoms with Crippen LogP contribution in [0.25, 0.3) is 82.8 Å². The lowest BCUT2D eigenvalue weighted by Gasteiger charge is -2.33. The van der Waals surface area contributed by atoms with Crippen LogP contribution in [0.2, 0.25) is 0 Å². The van der Waals surface area contributed by atoms with Gasteiger partial charge in [-0.15, -0.1) is 0 Å². The number of para-hydroxylation sites is 1. The maximum Gasteiger partial charge on any atom is 0.136 e. The Balaban J connectivity index is 1.02. The van der Waals surface area contributed by atoms with Crippen molar-refractivity contribution in [3.63, 3.8) is 0 Å². The van der Waals surface area contributed by atoms with Gasteiger partial charge in [0.25, 0.3) is 0 Å². The average molecular weight is 726 g/mol. The van der Waals surface area contributed by atoms with Crippen LogP contribution in [0.3, 0.4) is 0 Å². The Morgan fingerprint density at radius 1 is 0.333 bits per heavy atom. The molecule has 0 aliphatic heterocycles. The second kappa shape index (κ2) is 12.3. The van der Waals surface area contributed by atoms with Crippen LogP contribution in [0.1, 0.15) is 22.3 Å². The summed E-state index contributed by atoms with van der Waals surface area (Å²) in [5, 5.41) is 4.74. The van der Waals surface area contributed by atoms with Gasteiger partial charge >= 0.3 is 0 Å². The summed E-state index contributed by atoms with van der Waals surface area (Å²) in [6.07, 6.45) is 0. The minimum Gasteiger partial charge on any atom is -0.456 e. The summed E-state index contributed by atoms with van der Waals surface area (Å²) >= 11 is 0. The predicted octanol–water partition coefficient (Wildman–Crippen LogP) is 14.4. The van der Waals surface area contributed by atoms with Crippen LogP contribution >= 0.6 is 0 Å². The quantitative estimate of drug-likeness (QED) is 0.173. The summed E-state index contributed by atoms with van der Waals surface area (Å²) in [6, 6.07) is 77.3. The molecule has 0 bridgehead atoms. The van der Waals surface area contributed by atoms with Gasteiger partial charge in [0.2, 0.25) is 0 Å². The van der Waals surface area contributed by atoms with Gasteiger partial charge in [0.05, 0.1) is 16.4 Å². The van der Waals surface area contributed by atoms with Crippen LogP contribution < -0.4 is 0 Å². The van der Waals surface area contributed by atoms with Gasteiger partial charge in [-0.3, -0.25) is 0 Å². The van der Waals surface area contributed by atoms with Crippen LogP contribution in [-0.2, 0) is 5.41 Å². The molecule has 0 fully saturated rings. The summed E-state index contributed by atoms with van der Waals surface area (Å²) in [6.45, 7) is 0. The van der Waals surface area contributed by atoms with Gasteiger partial charge < -0.3 is 8.98 Å². The lowest BCUT2D eigenvalue weighted by molar-refractivity contribution is 0.666. The first-order valence-corrected chi connectivity index (χ1v) is 19.7. The molecule has 0 amide bonds. The number of aromatic nitrogens is 1. The number of benzene rings is 9. The molecule has 0 radical (unpaired) electrons.